The Balaban J connectivity index is 1.65. The van der Waals surface area contributed by atoms with Crippen molar-refractivity contribution in [1.29, 1.82) is 0 Å². The lowest BCUT2D eigenvalue weighted by Gasteiger charge is -2.31. The van der Waals surface area contributed by atoms with Gasteiger partial charge in [0.05, 0.1) is 24.6 Å². The van der Waals surface area contributed by atoms with Crippen molar-refractivity contribution in [3.63, 3.8) is 0 Å². The zero-order valence-electron chi connectivity index (χ0n) is 11.3. The third kappa shape index (κ3) is 3.37. The van der Waals surface area contributed by atoms with Gasteiger partial charge in [-0.2, -0.15) is 11.8 Å². The summed E-state index contributed by atoms with van der Waals surface area (Å²) >= 11 is 2.08. The Kier molecular flexibility index (Phi) is 4.51. The quantitative estimate of drug-likeness (QED) is 0.915. The molecule has 0 aliphatic carbocycles. The van der Waals surface area contributed by atoms with Gasteiger partial charge in [0.2, 0.25) is 0 Å². The molecule has 2 heterocycles. The van der Waals surface area contributed by atoms with Gasteiger partial charge in [-0.3, -0.25) is 0 Å². The fraction of sp³-hybridized carbons (Fsp3) is 0.600. The maximum atomic E-state index is 5.44. The van der Waals surface area contributed by atoms with E-state index >= 15 is 0 Å². The van der Waals surface area contributed by atoms with Gasteiger partial charge in [-0.15, -0.1) is 0 Å². The lowest BCUT2D eigenvalue weighted by Crippen LogP contribution is -2.36. The summed E-state index contributed by atoms with van der Waals surface area (Å²) in [7, 11) is 0. The van der Waals surface area contributed by atoms with Crippen LogP contribution < -0.4 is 10.2 Å². The first-order valence-corrected chi connectivity index (χ1v) is 8.32. The van der Waals surface area contributed by atoms with Crippen LogP contribution in [-0.4, -0.2) is 44.4 Å². The summed E-state index contributed by atoms with van der Waals surface area (Å²) < 4.78 is 5.44. The second kappa shape index (κ2) is 6.53. The van der Waals surface area contributed by atoms with Gasteiger partial charge < -0.3 is 15.0 Å². The highest BCUT2D eigenvalue weighted by Gasteiger charge is 2.17. The minimum Gasteiger partial charge on any atom is -0.383 e. The van der Waals surface area contributed by atoms with E-state index in [9.17, 15) is 0 Å². The standard InChI is InChI=1S/C15H22N2OS/c1-2-4-15(17-6-8-18-9-7-17)14(3-1)16-11-13-5-10-19-12-13/h1-4,13,16H,5-12H2. The molecule has 1 aromatic rings. The molecule has 2 saturated heterocycles. The number of nitrogens with zero attached hydrogens (tertiary/aromatic N) is 1. The molecule has 0 spiro atoms. The molecule has 1 atom stereocenters. The number of hydrogen-bond acceptors (Lipinski definition) is 4. The van der Waals surface area contributed by atoms with Crippen molar-refractivity contribution in [2.45, 2.75) is 6.42 Å². The van der Waals surface area contributed by atoms with Gasteiger partial charge in [-0.25, -0.2) is 0 Å². The number of rotatable bonds is 4. The number of morpholine rings is 1. The van der Waals surface area contributed by atoms with Crippen molar-refractivity contribution in [3.8, 4) is 0 Å². The Morgan fingerprint density at radius 3 is 2.89 bits per heavy atom. The molecule has 0 amide bonds. The second-order valence-corrected chi connectivity index (χ2v) is 6.38. The molecule has 0 radical (unpaired) electrons. The molecule has 4 heteroatoms. The van der Waals surface area contributed by atoms with Gasteiger partial charge in [0.1, 0.15) is 0 Å². The van der Waals surface area contributed by atoms with E-state index in [1.165, 1.54) is 29.3 Å². The number of nitrogens with one attached hydrogen (secondary N) is 1. The third-order valence-electron chi connectivity index (χ3n) is 3.86. The molecular weight excluding hydrogens is 256 g/mol. The van der Waals surface area contributed by atoms with E-state index in [2.05, 4.69) is 46.2 Å². The third-order valence-corrected chi connectivity index (χ3v) is 5.09. The second-order valence-electron chi connectivity index (χ2n) is 5.23. The van der Waals surface area contributed by atoms with Crippen molar-refractivity contribution in [2.75, 3.05) is 54.6 Å². The topological polar surface area (TPSA) is 24.5 Å². The minimum absolute atomic E-state index is 0.836. The Bertz CT molecular complexity index is 401. The highest BCUT2D eigenvalue weighted by atomic mass is 32.2. The fourth-order valence-corrected chi connectivity index (χ4v) is 3.99. The van der Waals surface area contributed by atoms with E-state index in [4.69, 9.17) is 4.74 Å². The number of benzene rings is 1. The number of thioether (sulfide) groups is 1. The molecule has 0 bridgehead atoms. The Labute approximate surface area is 119 Å². The summed E-state index contributed by atoms with van der Waals surface area (Å²) in [6.07, 6.45) is 1.36. The highest BCUT2D eigenvalue weighted by molar-refractivity contribution is 7.99. The summed E-state index contributed by atoms with van der Waals surface area (Å²) in [6, 6.07) is 8.67. The zero-order chi connectivity index (χ0) is 12.9. The predicted octanol–water partition coefficient (Wildman–Crippen LogP) is 2.69. The molecule has 2 aliphatic heterocycles. The van der Waals surface area contributed by atoms with Gasteiger partial charge >= 0.3 is 0 Å². The average Bonchev–Trinajstić information content (AvgIpc) is 3.00. The normalized spacial score (nSPS) is 23.6. The lowest BCUT2D eigenvalue weighted by atomic mass is 10.1. The van der Waals surface area contributed by atoms with E-state index in [1.54, 1.807) is 0 Å². The van der Waals surface area contributed by atoms with Crippen LogP contribution in [0.3, 0.4) is 0 Å². The van der Waals surface area contributed by atoms with E-state index < -0.39 is 0 Å². The molecular formula is C15H22N2OS. The lowest BCUT2D eigenvalue weighted by molar-refractivity contribution is 0.123. The van der Waals surface area contributed by atoms with Crippen molar-refractivity contribution in [2.24, 2.45) is 5.92 Å². The molecule has 0 aromatic heterocycles. The molecule has 1 N–H and O–H groups in total. The smallest absolute Gasteiger partial charge is 0.0642 e. The maximum absolute atomic E-state index is 5.44. The van der Waals surface area contributed by atoms with Crippen LogP contribution in [0.1, 0.15) is 6.42 Å². The van der Waals surface area contributed by atoms with Gasteiger partial charge in [0.25, 0.3) is 0 Å². The van der Waals surface area contributed by atoms with Gasteiger partial charge in [-0.05, 0) is 36.0 Å². The first-order chi connectivity index (χ1) is 9.43. The molecule has 2 aliphatic rings. The highest BCUT2D eigenvalue weighted by Crippen LogP contribution is 2.28. The summed E-state index contributed by atoms with van der Waals surface area (Å²) in [5.41, 5.74) is 2.61. The monoisotopic (exact) mass is 278 g/mol. The van der Waals surface area contributed by atoms with Gasteiger partial charge in [0, 0.05) is 19.6 Å². The molecule has 3 rings (SSSR count). The number of hydrogen-bond donors (Lipinski definition) is 1. The molecule has 3 nitrogen and oxygen atoms in total. The minimum atomic E-state index is 0.836. The van der Waals surface area contributed by atoms with E-state index in [0.717, 1.165) is 38.8 Å². The van der Waals surface area contributed by atoms with Gasteiger partial charge in [0.15, 0.2) is 0 Å². The van der Waals surface area contributed by atoms with Crippen molar-refractivity contribution < 1.29 is 4.74 Å². The van der Waals surface area contributed by atoms with Crippen molar-refractivity contribution >= 4 is 23.1 Å². The first kappa shape index (κ1) is 13.1. The van der Waals surface area contributed by atoms with Crippen LogP contribution in [0.5, 0.6) is 0 Å². The van der Waals surface area contributed by atoms with E-state index in [0.29, 0.717) is 0 Å². The summed E-state index contributed by atoms with van der Waals surface area (Å²) in [5, 5.41) is 3.66. The SMILES string of the molecule is c1ccc(N2CCOCC2)c(NCC2CCSC2)c1. The average molecular weight is 278 g/mol. The van der Waals surface area contributed by atoms with Crippen LogP contribution in [0.4, 0.5) is 11.4 Å². The van der Waals surface area contributed by atoms with Crippen LogP contribution >= 0.6 is 11.8 Å². The summed E-state index contributed by atoms with van der Waals surface area (Å²) in [5.74, 6) is 3.48. The first-order valence-electron chi connectivity index (χ1n) is 7.17. The Morgan fingerprint density at radius 2 is 2.11 bits per heavy atom. The Hall–Kier alpha value is -0.870. The maximum Gasteiger partial charge on any atom is 0.0642 e. The fourth-order valence-electron chi connectivity index (χ4n) is 2.70. The molecule has 0 saturated carbocycles. The predicted molar refractivity (Wildman–Crippen MR) is 83.4 cm³/mol. The van der Waals surface area contributed by atoms with E-state index in [-0.39, 0.29) is 0 Å². The summed E-state index contributed by atoms with van der Waals surface area (Å²) in [4.78, 5) is 2.43. The Morgan fingerprint density at radius 1 is 1.26 bits per heavy atom. The molecule has 19 heavy (non-hydrogen) atoms. The van der Waals surface area contributed by atoms with Crippen LogP contribution in [0.2, 0.25) is 0 Å². The largest absolute Gasteiger partial charge is 0.383 e. The van der Waals surface area contributed by atoms with Crippen molar-refractivity contribution in [1.82, 2.24) is 0 Å². The van der Waals surface area contributed by atoms with Gasteiger partial charge in [-0.1, -0.05) is 12.1 Å². The molecule has 2 fully saturated rings. The zero-order valence-corrected chi connectivity index (χ0v) is 12.1. The van der Waals surface area contributed by atoms with Crippen molar-refractivity contribution in [3.05, 3.63) is 24.3 Å². The number of para-hydroxylation sites is 2. The summed E-state index contributed by atoms with van der Waals surface area (Å²) in [6.45, 7) is 4.78. The van der Waals surface area contributed by atoms with Crippen LogP contribution in [0.25, 0.3) is 0 Å². The number of anilines is 2. The van der Waals surface area contributed by atoms with E-state index in [1.807, 2.05) is 0 Å². The van der Waals surface area contributed by atoms with Crippen LogP contribution in [-0.2, 0) is 4.74 Å². The van der Waals surface area contributed by atoms with Crippen LogP contribution in [0, 0.1) is 5.92 Å². The van der Waals surface area contributed by atoms with Crippen LogP contribution in [0.15, 0.2) is 24.3 Å². The molecule has 1 aromatic carbocycles. The molecule has 104 valence electrons. The molecule has 1 unspecified atom stereocenters. The number of ether oxygens (including phenoxy) is 1.